The van der Waals surface area contributed by atoms with Crippen LogP contribution in [-0.2, 0) is 11.2 Å². The van der Waals surface area contributed by atoms with Crippen LogP contribution in [0.15, 0.2) is 30.3 Å². The van der Waals surface area contributed by atoms with E-state index < -0.39 is 0 Å². The molecule has 1 aromatic carbocycles. The highest BCUT2D eigenvalue weighted by Crippen LogP contribution is 2.19. The summed E-state index contributed by atoms with van der Waals surface area (Å²) in [5.41, 5.74) is 1.48. The van der Waals surface area contributed by atoms with Crippen molar-refractivity contribution in [1.29, 1.82) is 0 Å². The SMILES string of the molecule is CCCCC(CCCCCCCCCCCCCc1ccccc1)C(C)=O. The van der Waals surface area contributed by atoms with Crippen molar-refractivity contribution in [3.8, 4) is 0 Å². The molecule has 1 rings (SSSR count). The quantitative estimate of drug-likeness (QED) is 0.237. The first-order valence-corrected chi connectivity index (χ1v) is 11.8. The Morgan fingerprint density at radius 2 is 1.19 bits per heavy atom. The van der Waals surface area contributed by atoms with E-state index in [0.717, 1.165) is 12.8 Å². The van der Waals surface area contributed by atoms with Crippen molar-refractivity contribution < 1.29 is 4.79 Å². The lowest BCUT2D eigenvalue weighted by Crippen LogP contribution is -2.10. The normalized spacial score (nSPS) is 12.2. The van der Waals surface area contributed by atoms with Gasteiger partial charge in [0.1, 0.15) is 5.78 Å². The Labute approximate surface area is 169 Å². The maximum absolute atomic E-state index is 11.7. The molecule has 1 nitrogen and oxygen atoms in total. The summed E-state index contributed by atoms with van der Waals surface area (Å²) in [7, 11) is 0. The highest BCUT2D eigenvalue weighted by Gasteiger charge is 2.12. The molecule has 1 unspecified atom stereocenters. The summed E-state index contributed by atoms with van der Waals surface area (Å²) >= 11 is 0. The molecule has 0 aliphatic heterocycles. The van der Waals surface area contributed by atoms with Crippen LogP contribution in [0.4, 0.5) is 0 Å². The summed E-state index contributed by atoms with van der Waals surface area (Å²) in [5.74, 6) is 0.749. The minimum atomic E-state index is 0.340. The summed E-state index contributed by atoms with van der Waals surface area (Å²) in [6.45, 7) is 3.99. The van der Waals surface area contributed by atoms with Crippen molar-refractivity contribution in [2.75, 3.05) is 0 Å². The second-order valence-corrected chi connectivity index (χ2v) is 8.36. The van der Waals surface area contributed by atoms with E-state index in [2.05, 4.69) is 37.3 Å². The maximum atomic E-state index is 11.7. The molecule has 0 aromatic heterocycles. The number of carbonyl (C=O) groups excluding carboxylic acids is 1. The Morgan fingerprint density at radius 1 is 0.704 bits per heavy atom. The van der Waals surface area contributed by atoms with Gasteiger partial charge in [-0.1, -0.05) is 114 Å². The molecule has 0 fully saturated rings. The molecule has 0 aliphatic carbocycles. The molecule has 0 saturated heterocycles. The zero-order valence-corrected chi connectivity index (χ0v) is 18.2. The molecule has 1 heteroatoms. The largest absolute Gasteiger partial charge is 0.300 e. The molecule has 0 heterocycles. The number of hydrogen-bond donors (Lipinski definition) is 0. The van der Waals surface area contributed by atoms with Gasteiger partial charge in [0.15, 0.2) is 0 Å². The minimum Gasteiger partial charge on any atom is -0.300 e. The first-order valence-electron chi connectivity index (χ1n) is 11.8. The molecule has 0 aliphatic rings. The summed E-state index contributed by atoms with van der Waals surface area (Å²) < 4.78 is 0. The fourth-order valence-corrected chi connectivity index (χ4v) is 3.96. The highest BCUT2D eigenvalue weighted by atomic mass is 16.1. The predicted octanol–water partition coefficient (Wildman–Crippen LogP) is 8.31. The highest BCUT2D eigenvalue weighted by molar-refractivity contribution is 5.78. The van der Waals surface area contributed by atoms with E-state index in [-0.39, 0.29) is 0 Å². The van der Waals surface area contributed by atoms with Gasteiger partial charge < -0.3 is 0 Å². The van der Waals surface area contributed by atoms with Gasteiger partial charge in [0.25, 0.3) is 0 Å². The van der Waals surface area contributed by atoms with Crippen LogP contribution in [0.5, 0.6) is 0 Å². The Morgan fingerprint density at radius 3 is 1.70 bits per heavy atom. The standard InChI is InChI=1S/C26H44O/c1-3-4-22-26(24(2)27)23-18-13-11-9-7-5-6-8-10-12-15-19-25-20-16-14-17-21-25/h14,16-17,20-21,26H,3-13,15,18-19,22-23H2,1-2H3. The van der Waals surface area contributed by atoms with Crippen molar-refractivity contribution in [3.63, 3.8) is 0 Å². The lowest BCUT2D eigenvalue weighted by atomic mass is 9.92. The maximum Gasteiger partial charge on any atom is 0.132 e. The van der Waals surface area contributed by atoms with Gasteiger partial charge in [0.05, 0.1) is 0 Å². The monoisotopic (exact) mass is 372 g/mol. The molecule has 1 aromatic rings. The van der Waals surface area contributed by atoms with Crippen molar-refractivity contribution in [2.24, 2.45) is 5.92 Å². The minimum absolute atomic E-state index is 0.340. The first kappa shape index (κ1) is 23.9. The number of hydrogen-bond acceptors (Lipinski definition) is 1. The number of carbonyl (C=O) groups is 1. The third kappa shape index (κ3) is 13.7. The summed E-state index contributed by atoms with van der Waals surface area (Å²) in [6.07, 6.45) is 20.9. The molecular formula is C26H44O. The number of aryl methyl sites for hydroxylation is 1. The molecule has 0 saturated carbocycles. The van der Waals surface area contributed by atoms with Crippen LogP contribution in [0.3, 0.4) is 0 Å². The van der Waals surface area contributed by atoms with Gasteiger partial charge >= 0.3 is 0 Å². The van der Waals surface area contributed by atoms with Gasteiger partial charge in [-0.3, -0.25) is 4.79 Å². The van der Waals surface area contributed by atoms with Gasteiger partial charge in [0.2, 0.25) is 0 Å². The Kier molecular flexibility index (Phi) is 15.1. The van der Waals surface area contributed by atoms with Crippen LogP contribution in [-0.4, -0.2) is 5.78 Å². The fraction of sp³-hybridized carbons (Fsp3) is 0.731. The smallest absolute Gasteiger partial charge is 0.132 e. The van der Waals surface area contributed by atoms with Crippen LogP contribution in [0.2, 0.25) is 0 Å². The second-order valence-electron chi connectivity index (χ2n) is 8.36. The van der Waals surface area contributed by atoms with Gasteiger partial charge in [-0.25, -0.2) is 0 Å². The summed E-state index contributed by atoms with van der Waals surface area (Å²) in [4.78, 5) is 11.7. The van der Waals surface area contributed by atoms with Crippen LogP contribution in [0, 0.1) is 5.92 Å². The van der Waals surface area contributed by atoms with Crippen LogP contribution >= 0.6 is 0 Å². The van der Waals surface area contributed by atoms with E-state index in [0.29, 0.717) is 11.7 Å². The average molecular weight is 373 g/mol. The van der Waals surface area contributed by atoms with Gasteiger partial charge in [-0.05, 0) is 38.2 Å². The lowest BCUT2D eigenvalue weighted by molar-refractivity contribution is -0.121. The fourth-order valence-electron chi connectivity index (χ4n) is 3.96. The van der Waals surface area contributed by atoms with E-state index in [1.165, 1.54) is 95.5 Å². The lowest BCUT2D eigenvalue weighted by Gasteiger charge is -2.12. The number of rotatable bonds is 18. The van der Waals surface area contributed by atoms with E-state index in [4.69, 9.17) is 0 Å². The molecule has 154 valence electrons. The third-order valence-electron chi connectivity index (χ3n) is 5.84. The molecule has 0 amide bonds. The van der Waals surface area contributed by atoms with Gasteiger partial charge in [0, 0.05) is 5.92 Å². The van der Waals surface area contributed by atoms with Crippen LogP contribution in [0.25, 0.3) is 0 Å². The number of Topliss-reactive ketones (excluding diaryl/α,β-unsaturated/α-hetero) is 1. The van der Waals surface area contributed by atoms with Crippen molar-refractivity contribution in [2.45, 2.75) is 117 Å². The zero-order chi connectivity index (χ0) is 19.6. The molecular weight excluding hydrogens is 328 g/mol. The Bertz CT molecular complexity index is 451. The van der Waals surface area contributed by atoms with Crippen molar-refractivity contribution in [1.82, 2.24) is 0 Å². The van der Waals surface area contributed by atoms with E-state index >= 15 is 0 Å². The molecule has 27 heavy (non-hydrogen) atoms. The van der Waals surface area contributed by atoms with E-state index in [9.17, 15) is 4.79 Å². The summed E-state index contributed by atoms with van der Waals surface area (Å²) in [6, 6.07) is 10.9. The number of ketones is 1. The zero-order valence-electron chi connectivity index (χ0n) is 18.2. The Balaban J connectivity index is 1.82. The molecule has 0 radical (unpaired) electrons. The van der Waals surface area contributed by atoms with Gasteiger partial charge in [-0.2, -0.15) is 0 Å². The second kappa shape index (κ2) is 17.0. The topological polar surface area (TPSA) is 17.1 Å². The average Bonchev–Trinajstić information content (AvgIpc) is 2.68. The molecule has 0 bridgehead atoms. The summed E-state index contributed by atoms with van der Waals surface area (Å²) in [5, 5.41) is 0. The molecule has 0 spiro atoms. The van der Waals surface area contributed by atoms with Gasteiger partial charge in [-0.15, -0.1) is 0 Å². The third-order valence-corrected chi connectivity index (χ3v) is 5.84. The van der Waals surface area contributed by atoms with Crippen LogP contribution < -0.4 is 0 Å². The number of benzene rings is 1. The predicted molar refractivity (Wildman–Crippen MR) is 119 cm³/mol. The van der Waals surface area contributed by atoms with E-state index in [1.807, 2.05) is 0 Å². The number of unbranched alkanes of at least 4 members (excludes halogenated alkanes) is 11. The molecule has 1 atom stereocenters. The molecule has 0 N–H and O–H groups in total. The first-order chi connectivity index (χ1) is 13.2. The van der Waals surface area contributed by atoms with E-state index in [1.54, 1.807) is 6.92 Å². The van der Waals surface area contributed by atoms with Crippen molar-refractivity contribution in [3.05, 3.63) is 35.9 Å². The van der Waals surface area contributed by atoms with Crippen molar-refractivity contribution >= 4 is 5.78 Å². The van der Waals surface area contributed by atoms with Crippen LogP contribution in [0.1, 0.15) is 116 Å². The Hall–Kier alpha value is -1.11.